The summed E-state index contributed by atoms with van der Waals surface area (Å²) in [4.78, 5) is 19.0. The lowest BCUT2D eigenvalue weighted by atomic mass is 10.1. The van der Waals surface area contributed by atoms with E-state index in [4.69, 9.17) is 21.1 Å². The monoisotopic (exact) mass is 269 g/mol. The standard InChI is InChI=1S/C6H4.C4H11N.C3H4O5/c1-2-6-4-3-5(1)6;1-3-4(2)5;4-1(2(5)6)3(7)8/h1-4H;4H,3,5H2,1-2H3;1,4H,(H,5,6)(H,7,8). The molecule has 2 aliphatic carbocycles. The van der Waals surface area contributed by atoms with Crippen molar-refractivity contribution in [2.75, 3.05) is 0 Å². The molecular weight excluding hydrogens is 250 g/mol. The second-order valence-corrected chi connectivity index (χ2v) is 4.04. The fraction of sp³-hybridized carbons (Fsp3) is 0.385. The van der Waals surface area contributed by atoms with Gasteiger partial charge in [-0.1, -0.05) is 31.2 Å². The normalized spacial score (nSPS) is 11.4. The first-order valence-corrected chi connectivity index (χ1v) is 5.79. The van der Waals surface area contributed by atoms with Crippen molar-refractivity contribution in [2.24, 2.45) is 5.73 Å². The quantitative estimate of drug-likeness (QED) is 0.604. The average molecular weight is 269 g/mol. The van der Waals surface area contributed by atoms with Crippen LogP contribution in [-0.4, -0.2) is 39.4 Å². The highest BCUT2D eigenvalue weighted by atomic mass is 16.4. The van der Waals surface area contributed by atoms with Crippen LogP contribution in [0.15, 0.2) is 24.3 Å². The predicted molar refractivity (Wildman–Crippen MR) is 69.3 cm³/mol. The number of hydrogen-bond acceptors (Lipinski definition) is 4. The highest BCUT2D eigenvalue weighted by Gasteiger charge is 2.20. The molecule has 2 rings (SSSR count). The van der Waals surface area contributed by atoms with Crippen molar-refractivity contribution >= 4 is 11.9 Å². The number of rotatable bonds is 3. The molecule has 0 aromatic heterocycles. The van der Waals surface area contributed by atoms with Gasteiger partial charge in [0.2, 0.25) is 6.10 Å². The number of carboxylic acid groups (broad SMARTS) is 2. The predicted octanol–water partition coefficient (Wildman–Crippen LogP) is 0.547. The SMILES string of the molecule is CCC(C)N.O=C(O)C(O)C(=O)O.c1cc2ccc1=2. The topological polar surface area (TPSA) is 121 Å². The molecule has 0 radical (unpaired) electrons. The summed E-state index contributed by atoms with van der Waals surface area (Å²) in [6.45, 7) is 4.07. The molecule has 0 aromatic rings. The van der Waals surface area contributed by atoms with Crippen molar-refractivity contribution in [1.82, 2.24) is 0 Å². The summed E-state index contributed by atoms with van der Waals surface area (Å²) in [5, 5.41) is 26.3. The van der Waals surface area contributed by atoms with Crippen molar-refractivity contribution in [2.45, 2.75) is 32.4 Å². The number of hydrogen-bond donors (Lipinski definition) is 4. The van der Waals surface area contributed by atoms with Gasteiger partial charge in [-0.25, -0.2) is 9.59 Å². The first-order valence-electron chi connectivity index (χ1n) is 5.79. The Morgan fingerprint density at radius 1 is 1.11 bits per heavy atom. The van der Waals surface area contributed by atoms with Gasteiger partial charge in [-0.2, -0.15) is 0 Å². The number of benzene rings is 1. The van der Waals surface area contributed by atoms with Crippen molar-refractivity contribution in [1.29, 1.82) is 0 Å². The van der Waals surface area contributed by atoms with Gasteiger partial charge in [0.15, 0.2) is 0 Å². The summed E-state index contributed by atoms with van der Waals surface area (Å²) in [7, 11) is 0. The van der Waals surface area contributed by atoms with E-state index in [0.29, 0.717) is 6.04 Å². The molecule has 19 heavy (non-hydrogen) atoms. The fourth-order valence-corrected chi connectivity index (χ4v) is 0.768. The molecule has 1 atom stereocenters. The van der Waals surface area contributed by atoms with Gasteiger partial charge in [0.25, 0.3) is 0 Å². The highest BCUT2D eigenvalue weighted by Crippen LogP contribution is 2.04. The maximum absolute atomic E-state index is 9.51. The molecule has 0 saturated carbocycles. The van der Waals surface area contributed by atoms with E-state index in [0.717, 1.165) is 6.42 Å². The lowest BCUT2D eigenvalue weighted by Gasteiger charge is -1.95. The molecule has 0 amide bonds. The van der Waals surface area contributed by atoms with Gasteiger partial charge in [-0.15, -0.1) is 0 Å². The van der Waals surface area contributed by atoms with Gasteiger partial charge in [0.05, 0.1) is 0 Å². The molecule has 0 saturated heterocycles. The molecule has 2 aliphatic rings. The molecule has 1 unspecified atom stereocenters. The lowest BCUT2D eigenvalue weighted by Crippen LogP contribution is -2.28. The Hall–Kier alpha value is -1.92. The van der Waals surface area contributed by atoms with Gasteiger partial charge in [0.1, 0.15) is 0 Å². The summed E-state index contributed by atoms with van der Waals surface area (Å²) >= 11 is 0. The average Bonchev–Trinajstić information content (AvgIpc) is 2.33. The molecule has 0 aromatic carbocycles. The fourth-order valence-electron chi connectivity index (χ4n) is 0.768. The van der Waals surface area contributed by atoms with E-state index < -0.39 is 18.0 Å². The van der Waals surface area contributed by atoms with E-state index in [1.165, 1.54) is 10.4 Å². The largest absolute Gasteiger partial charge is 0.479 e. The van der Waals surface area contributed by atoms with Crippen molar-refractivity contribution in [3.8, 4) is 0 Å². The molecule has 0 aliphatic heterocycles. The molecule has 6 nitrogen and oxygen atoms in total. The molecule has 6 heteroatoms. The first-order chi connectivity index (χ1) is 8.79. The Bertz CT molecular complexity index is 448. The molecule has 0 bridgehead atoms. The van der Waals surface area contributed by atoms with Crippen LogP contribution in [0.4, 0.5) is 0 Å². The summed E-state index contributed by atoms with van der Waals surface area (Å²) in [5.74, 6) is -3.50. The first kappa shape index (κ1) is 17.1. The summed E-state index contributed by atoms with van der Waals surface area (Å²) < 4.78 is 0. The summed E-state index contributed by atoms with van der Waals surface area (Å²) in [6.07, 6.45) is -1.21. The second-order valence-electron chi connectivity index (χ2n) is 4.04. The van der Waals surface area contributed by atoms with E-state index >= 15 is 0 Å². The number of nitrogens with two attached hydrogens (primary N) is 1. The third-order valence-corrected chi connectivity index (χ3v) is 2.33. The van der Waals surface area contributed by atoms with Gasteiger partial charge < -0.3 is 21.1 Å². The minimum Gasteiger partial charge on any atom is -0.479 e. The summed E-state index contributed by atoms with van der Waals surface area (Å²) in [6, 6.07) is 8.87. The Labute approximate surface area is 110 Å². The number of carboxylic acids is 2. The van der Waals surface area contributed by atoms with E-state index in [1.807, 2.05) is 6.92 Å². The number of aliphatic carboxylic acids is 2. The van der Waals surface area contributed by atoms with E-state index in [2.05, 4.69) is 31.2 Å². The van der Waals surface area contributed by atoms with Gasteiger partial charge in [-0.3, -0.25) is 0 Å². The van der Waals surface area contributed by atoms with Crippen molar-refractivity contribution < 1.29 is 24.9 Å². The molecule has 5 N–H and O–H groups in total. The molecule has 0 heterocycles. The maximum Gasteiger partial charge on any atom is 0.344 e. The van der Waals surface area contributed by atoms with E-state index in [1.54, 1.807) is 0 Å². The summed E-state index contributed by atoms with van der Waals surface area (Å²) in [5.41, 5.74) is 5.29. The van der Waals surface area contributed by atoms with Crippen LogP contribution in [0.2, 0.25) is 0 Å². The van der Waals surface area contributed by atoms with Crippen LogP contribution in [0.1, 0.15) is 20.3 Å². The third kappa shape index (κ3) is 6.54. The van der Waals surface area contributed by atoms with Crippen LogP contribution in [0, 0.1) is 10.4 Å². The minimum atomic E-state index is -2.30. The molecule has 106 valence electrons. The zero-order valence-corrected chi connectivity index (χ0v) is 10.9. The molecular formula is C13H19NO5. The van der Waals surface area contributed by atoms with Crippen LogP contribution in [0.5, 0.6) is 0 Å². The zero-order valence-electron chi connectivity index (χ0n) is 10.9. The Morgan fingerprint density at radius 2 is 1.37 bits per heavy atom. The van der Waals surface area contributed by atoms with Crippen molar-refractivity contribution in [3.05, 3.63) is 34.7 Å². The van der Waals surface area contributed by atoms with Crippen LogP contribution >= 0.6 is 0 Å². The molecule has 0 fully saturated rings. The Morgan fingerprint density at radius 3 is 1.37 bits per heavy atom. The number of aliphatic hydroxyl groups excluding tert-OH is 1. The maximum atomic E-state index is 9.51. The number of carbonyl (C=O) groups is 2. The van der Waals surface area contributed by atoms with Crippen LogP contribution in [0.3, 0.4) is 0 Å². The van der Waals surface area contributed by atoms with Gasteiger partial charge in [0, 0.05) is 6.04 Å². The van der Waals surface area contributed by atoms with Crippen LogP contribution < -0.4 is 5.73 Å². The molecule has 0 spiro atoms. The van der Waals surface area contributed by atoms with Crippen molar-refractivity contribution in [3.63, 3.8) is 0 Å². The van der Waals surface area contributed by atoms with Crippen LogP contribution in [0.25, 0.3) is 0 Å². The highest BCUT2D eigenvalue weighted by molar-refractivity contribution is 5.95. The van der Waals surface area contributed by atoms with Crippen LogP contribution in [-0.2, 0) is 9.59 Å². The van der Waals surface area contributed by atoms with E-state index in [9.17, 15) is 9.59 Å². The minimum absolute atomic E-state index is 0.384. The Balaban J connectivity index is 0.000000263. The smallest absolute Gasteiger partial charge is 0.344 e. The van der Waals surface area contributed by atoms with Gasteiger partial charge in [-0.05, 0) is 23.8 Å². The van der Waals surface area contributed by atoms with Gasteiger partial charge >= 0.3 is 11.9 Å². The van der Waals surface area contributed by atoms with E-state index in [-0.39, 0.29) is 0 Å². The third-order valence-electron chi connectivity index (χ3n) is 2.33. The second kappa shape index (κ2) is 8.23. The zero-order chi connectivity index (χ0) is 15.0. The lowest BCUT2D eigenvalue weighted by molar-refractivity contribution is -0.160. The Kier molecular flexibility index (Phi) is 7.40. The number of aliphatic hydroxyl groups is 1.